The van der Waals surface area contributed by atoms with E-state index in [1.165, 1.54) is 33.7 Å². The number of carboxylic acids is 1. The van der Waals surface area contributed by atoms with Crippen LogP contribution in [0.2, 0.25) is 0 Å². The Morgan fingerprint density at radius 1 is 1.28 bits per heavy atom. The van der Waals surface area contributed by atoms with Gasteiger partial charge in [-0.3, -0.25) is 0 Å². The van der Waals surface area contributed by atoms with Gasteiger partial charge in [-0.1, -0.05) is 0 Å². The van der Waals surface area contributed by atoms with Crippen molar-refractivity contribution in [3.8, 4) is 5.75 Å². The van der Waals surface area contributed by atoms with Crippen molar-refractivity contribution in [1.29, 1.82) is 0 Å². The summed E-state index contributed by atoms with van der Waals surface area (Å²) in [5.74, 6) is -0.748. The molecule has 3 N–H and O–H groups in total. The molecule has 0 saturated heterocycles. The first-order chi connectivity index (χ1) is 11.8. The molecule has 2 heterocycles. The van der Waals surface area contributed by atoms with Crippen molar-refractivity contribution in [1.82, 2.24) is 4.90 Å². The number of allylic oxidation sites excluding steroid dienone is 5. The second kappa shape index (κ2) is 6.26. The number of fused-ring (bicyclic) bond motifs is 4. The predicted molar refractivity (Wildman–Crippen MR) is 94.4 cm³/mol. The van der Waals surface area contributed by atoms with Gasteiger partial charge in [-0.25, -0.2) is 0 Å². The van der Waals surface area contributed by atoms with Crippen molar-refractivity contribution in [2.45, 2.75) is 26.8 Å². The second-order valence-electron chi connectivity index (χ2n) is 6.53. The molecule has 1 unspecified atom stereocenters. The summed E-state index contributed by atoms with van der Waals surface area (Å²) in [4.78, 5) is 11.0. The van der Waals surface area contributed by atoms with Gasteiger partial charge < -0.3 is 25.2 Å². The Bertz CT molecular complexity index is 871. The van der Waals surface area contributed by atoms with E-state index in [0.717, 1.165) is 12.5 Å². The van der Waals surface area contributed by atoms with Crippen molar-refractivity contribution in [2.24, 2.45) is 0 Å². The molecule has 5 nitrogen and oxygen atoms in total. The van der Waals surface area contributed by atoms with Crippen LogP contribution in [0.4, 0.5) is 5.69 Å². The molecule has 0 fully saturated rings. The van der Waals surface area contributed by atoms with Gasteiger partial charge in [-0.05, 0) is 56.2 Å². The third-order valence-corrected chi connectivity index (χ3v) is 4.89. The van der Waals surface area contributed by atoms with Gasteiger partial charge in [0, 0.05) is 47.7 Å². The molecule has 1 aromatic carbocycles. The van der Waals surface area contributed by atoms with Gasteiger partial charge in [-0.15, -0.1) is 0 Å². The number of hydrogen-bond donors (Lipinski definition) is 2. The van der Waals surface area contributed by atoms with Gasteiger partial charge in [0.15, 0.2) is 0 Å². The van der Waals surface area contributed by atoms with Gasteiger partial charge in [0.05, 0.1) is 0 Å². The van der Waals surface area contributed by atoms with Gasteiger partial charge in [-0.2, -0.15) is 0 Å². The van der Waals surface area contributed by atoms with Gasteiger partial charge in [0.1, 0.15) is 17.5 Å². The monoisotopic (exact) mass is 338 g/mol. The standard InChI is InChI=1S/C18H18N2O.C2H4O2/c1-10-13-6-7-20(3)11(2)14(13)9-16-15-8-12(21)4-5-17(15)19-18(10)16;1-2(3)4/h4-9,18-19,21H,1-3H3;1H3,(H,3,4). The quantitative estimate of drug-likeness (QED) is 0.550. The molecule has 3 aliphatic rings. The second-order valence-corrected chi connectivity index (χ2v) is 6.53. The van der Waals surface area contributed by atoms with Crippen molar-refractivity contribution < 1.29 is 20.3 Å². The largest absolute Gasteiger partial charge is 0.550 e. The number of nitrogens with zero attached hydrogens (tertiary/aromatic N) is 1. The minimum absolute atomic E-state index is 0.335. The van der Waals surface area contributed by atoms with Gasteiger partial charge >= 0.3 is 0 Å². The summed E-state index contributed by atoms with van der Waals surface area (Å²) in [5.41, 5.74) is 8.99. The molecule has 0 saturated carbocycles. The average Bonchev–Trinajstić information content (AvgIpc) is 2.89. The molecule has 0 bridgehead atoms. The number of aromatic hydroxyl groups is 1. The van der Waals surface area contributed by atoms with Crippen LogP contribution in [0.1, 0.15) is 26.3 Å². The van der Waals surface area contributed by atoms with E-state index in [0.29, 0.717) is 11.8 Å². The summed E-state index contributed by atoms with van der Waals surface area (Å²) in [7, 11) is 2.08. The lowest BCUT2D eigenvalue weighted by atomic mass is 9.82. The zero-order valence-electron chi connectivity index (χ0n) is 14.8. The van der Waals surface area contributed by atoms with E-state index in [1.54, 1.807) is 6.07 Å². The zero-order chi connectivity index (χ0) is 18.3. The number of carbonyl (C=O) groups is 1. The fraction of sp³-hybridized carbons (Fsp3) is 0.250. The van der Waals surface area contributed by atoms with Crippen LogP contribution in [0, 0.1) is 0 Å². The number of aliphatic carboxylic acids is 1. The highest BCUT2D eigenvalue weighted by Gasteiger charge is 2.37. The molecule has 25 heavy (non-hydrogen) atoms. The van der Waals surface area contributed by atoms with Crippen LogP contribution in [-0.2, 0) is 4.79 Å². The van der Waals surface area contributed by atoms with E-state index in [4.69, 9.17) is 9.90 Å². The van der Waals surface area contributed by atoms with Crippen molar-refractivity contribution in [3.63, 3.8) is 0 Å². The Kier molecular flexibility index (Phi) is 4.27. The lowest BCUT2D eigenvalue weighted by molar-refractivity contribution is -0.581. The van der Waals surface area contributed by atoms with Crippen molar-refractivity contribution in [2.75, 3.05) is 7.05 Å². The molecule has 0 amide bonds. The number of rotatable bonds is 0. The van der Waals surface area contributed by atoms with E-state index >= 15 is 0 Å². The lowest BCUT2D eigenvalue weighted by Gasteiger charge is -2.29. The first-order valence-electron chi connectivity index (χ1n) is 8.20. The van der Waals surface area contributed by atoms with Crippen LogP contribution in [0.5, 0.6) is 5.75 Å². The van der Waals surface area contributed by atoms with E-state index < -0.39 is 5.97 Å². The molecule has 1 atom stereocenters. The number of phenols is 1. The van der Waals surface area contributed by atoms with E-state index in [-0.39, 0.29) is 0 Å². The molecule has 2 aliphatic heterocycles. The third kappa shape index (κ3) is 2.98. The van der Waals surface area contributed by atoms with Crippen LogP contribution in [0.15, 0.2) is 59.0 Å². The molecule has 130 valence electrons. The fourth-order valence-corrected chi connectivity index (χ4v) is 3.52. The molecule has 0 radical (unpaired) electrons. The first kappa shape index (κ1) is 17.0. The Labute approximate surface area is 147 Å². The topological polar surface area (TPSA) is 80.2 Å². The summed E-state index contributed by atoms with van der Waals surface area (Å²) < 4.78 is 0. The maximum Gasteiger partial charge on any atom is 0.139 e. The maximum atomic E-state index is 9.79. The number of carboxylic acid groups (broad SMARTS) is 1. The average molecular weight is 338 g/mol. The number of benzene rings is 1. The summed E-state index contributed by atoms with van der Waals surface area (Å²) in [6.45, 7) is 5.35. The molecule has 0 spiro atoms. The zero-order valence-corrected chi connectivity index (χ0v) is 14.8. The van der Waals surface area contributed by atoms with Crippen molar-refractivity contribution >= 4 is 17.2 Å². The number of nitrogens with two attached hydrogens (primary N) is 1. The highest BCUT2D eigenvalue weighted by molar-refractivity contribution is 5.86. The molecule has 1 aliphatic carbocycles. The predicted octanol–water partition coefficient (Wildman–Crippen LogP) is 1.17. The summed E-state index contributed by atoms with van der Waals surface area (Å²) >= 11 is 0. The lowest BCUT2D eigenvalue weighted by Crippen LogP contribution is -2.82. The Morgan fingerprint density at radius 2 is 1.96 bits per heavy atom. The van der Waals surface area contributed by atoms with Crippen LogP contribution in [0.25, 0.3) is 5.57 Å². The molecular formula is C20H22N2O3. The highest BCUT2D eigenvalue weighted by Crippen LogP contribution is 2.42. The Balaban J connectivity index is 0.000000415. The third-order valence-electron chi connectivity index (χ3n) is 4.89. The molecule has 0 aromatic heterocycles. The SMILES string of the molecule is CC(=O)[O-].CC1=C2C=CN(C)C(C)=C2C=C2c3cc(O)ccc3[NH2+]C21. The number of phenolic OH excluding ortho intramolecular Hbond substituents is 1. The number of carbonyl (C=O) groups excluding carboxylic acids is 1. The molecule has 4 rings (SSSR count). The number of quaternary nitrogens is 1. The molecule has 5 heteroatoms. The summed E-state index contributed by atoms with van der Waals surface area (Å²) in [6.07, 6.45) is 6.63. The molecule has 1 aromatic rings. The minimum Gasteiger partial charge on any atom is -0.550 e. The normalized spacial score (nSPS) is 20.4. The highest BCUT2D eigenvalue weighted by atomic mass is 16.4. The summed E-state index contributed by atoms with van der Waals surface area (Å²) in [5, 5.41) is 21.0. The maximum absolute atomic E-state index is 9.79. The van der Waals surface area contributed by atoms with Gasteiger partial charge in [0.2, 0.25) is 0 Å². The van der Waals surface area contributed by atoms with E-state index in [1.807, 2.05) is 12.1 Å². The number of hydrogen-bond acceptors (Lipinski definition) is 4. The van der Waals surface area contributed by atoms with Crippen LogP contribution in [-0.4, -0.2) is 29.1 Å². The van der Waals surface area contributed by atoms with Crippen molar-refractivity contribution in [3.05, 3.63) is 64.5 Å². The van der Waals surface area contributed by atoms with E-state index in [2.05, 4.69) is 49.5 Å². The Hall–Kier alpha value is -2.79. The van der Waals surface area contributed by atoms with Crippen LogP contribution in [0.3, 0.4) is 0 Å². The smallest absolute Gasteiger partial charge is 0.139 e. The fourth-order valence-electron chi connectivity index (χ4n) is 3.52. The first-order valence-corrected chi connectivity index (χ1v) is 8.20. The Morgan fingerprint density at radius 3 is 2.64 bits per heavy atom. The van der Waals surface area contributed by atoms with Gasteiger partial charge in [0.25, 0.3) is 0 Å². The van der Waals surface area contributed by atoms with E-state index in [9.17, 15) is 5.11 Å². The van der Waals surface area contributed by atoms with Crippen LogP contribution < -0.4 is 10.4 Å². The summed E-state index contributed by atoms with van der Waals surface area (Å²) in [6, 6.07) is 5.99. The van der Waals surface area contributed by atoms with Crippen LogP contribution >= 0.6 is 0 Å². The molecular weight excluding hydrogens is 316 g/mol. The minimum atomic E-state index is -1.08.